The van der Waals surface area contributed by atoms with Gasteiger partial charge in [-0.05, 0) is 64.9 Å². The highest BCUT2D eigenvalue weighted by atomic mass is 19.4. The van der Waals surface area contributed by atoms with Crippen LogP contribution >= 0.6 is 0 Å². The van der Waals surface area contributed by atoms with Crippen LogP contribution in [0.5, 0.6) is 23.0 Å². The van der Waals surface area contributed by atoms with E-state index in [9.17, 15) is 26.3 Å². The summed E-state index contributed by atoms with van der Waals surface area (Å²) in [5.41, 5.74) is 8.05. The molecule has 3 aromatic rings. The molecule has 3 aromatic carbocycles. The summed E-state index contributed by atoms with van der Waals surface area (Å²) in [5, 5.41) is 0. The molecule has 0 unspecified atom stereocenters. The van der Waals surface area contributed by atoms with E-state index in [0.717, 1.165) is 24.3 Å². The summed E-state index contributed by atoms with van der Waals surface area (Å²) in [4.78, 5) is 0. The summed E-state index contributed by atoms with van der Waals surface area (Å²) in [6.45, 7) is 11.2. The number of hydrogen-bond acceptors (Lipinski definition) is 4. The predicted molar refractivity (Wildman–Crippen MR) is 136 cm³/mol. The van der Waals surface area contributed by atoms with Gasteiger partial charge in [0, 0.05) is 16.9 Å². The van der Waals surface area contributed by atoms with Crippen molar-refractivity contribution in [2.45, 2.75) is 64.7 Å². The molecule has 0 saturated heterocycles. The molecule has 0 aliphatic rings. The molecule has 4 nitrogen and oxygen atoms in total. The third-order valence-electron chi connectivity index (χ3n) is 5.80. The third-order valence-corrected chi connectivity index (χ3v) is 5.80. The first-order valence-corrected chi connectivity index (χ1v) is 11.7. The third kappa shape index (κ3) is 6.46. The van der Waals surface area contributed by atoms with Crippen molar-refractivity contribution < 1.29 is 35.8 Å². The van der Waals surface area contributed by atoms with E-state index in [1.807, 2.05) is 41.5 Å². The average Bonchev–Trinajstić information content (AvgIpc) is 2.73. The summed E-state index contributed by atoms with van der Waals surface area (Å²) in [6.07, 6.45) is -9.38. The molecule has 3 rings (SSSR count). The predicted octanol–water partition coefficient (Wildman–Crippen LogP) is 9.07. The Labute approximate surface area is 217 Å². The minimum Gasteiger partial charge on any atom is -0.457 e. The lowest BCUT2D eigenvalue weighted by atomic mass is 9.80. The van der Waals surface area contributed by atoms with Gasteiger partial charge in [0.25, 0.3) is 0 Å². The monoisotopic (exact) mass is 540 g/mol. The number of nitrogens with two attached hydrogens (primary N) is 2. The van der Waals surface area contributed by atoms with Crippen molar-refractivity contribution in [1.82, 2.24) is 0 Å². The average molecular weight is 541 g/mol. The molecule has 4 N–H and O–H groups in total. The lowest BCUT2D eigenvalue weighted by Gasteiger charge is -2.29. The van der Waals surface area contributed by atoms with E-state index in [4.69, 9.17) is 20.9 Å². The number of nitrogen functional groups attached to an aromatic ring is 2. The number of ether oxygens (including phenoxy) is 2. The van der Waals surface area contributed by atoms with E-state index in [1.54, 1.807) is 12.1 Å². The molecule has 0 amide bonds. The molecular formula is C28H30F6N2O2. The standard InChI is InChI=1S/C28H30F6N2O2/c1-25(2,3)15-11-22(37-16-7-9-20(35)18(13-16)27(29,30)31)24(26(4,5)6)23(12-15)38-17-8-10-21(36)19(14-17)28(32,33)34/h7-14H,35-36H2,1-6H3. The summed E-state index contributed by atoms with van der Waals surface area (Å²) in [6, 6.07) is 9.85. The molecule has 0 heterocycles. The number of hydrogen-bond donors (Lipinski definition) is 2. The molecule has 0 saturated carbocycles. The molecule has 0 aromatic heterocycles. The fourth-order valence-corrected chi connectivity index (χ4v) is 3.87. The summed E-state index contributed by atoms with van der Waals surface area (Å²) < 4.78 is 92.8. The number of halogens is 6. The van der Waals surface area contributed by atoms with Gasteiger partial charge in [0.15, 0.2) is 0 Å². The van der Waals surface area contributed by atoms with E-state index in [-0.39, 0.29) is 23.0 Å². The first kappa shape index (κ1) is 29.0. The number of rotatable bonds is 4. The van der Waals surface area contributed by atoms with Gasteiger partial charge in [0.1, 0.15) is 23.0 Å². The van der Waals surface area contributed by atoms with E-state index < -0.39 is 45.7 Å². The van der Waals surface area contributed by atoms with Crippen LogP contribution in [0, 0.1) is 0 Å². The molecular weight excluding hydrogens is 510 g/mol. The smallest absolute Gasteiger partial charge is 0.418 e. The van der Waals surface area contributed by atoms with Crippen molar-refractivity contribution >= 4 is 11.4 Å². The maximum atomic E-state index is 13.5. The fraction of sp³-hybridized carbons (Fsp3) is 0.357. The van der Waals surface area contributed by atoms with E-state index in [2.05, 4.69) is 0 Å². The molecule has 38 heavy (non-hydrogen) atoms. The highest BCUT2D eigenvalue weighted by Gasteiger charge is 2.35. The molecule has 206 valence electrons. The summed E-state index contributed by atoms with van der Waals surface area (Å²) in [5.74, 6) is 0.176. The Morgan fingerprint density at radius 3 is 1.21 bits per heavy atom. The Morgan fingerprint density at radius 1 is 0.553 bits per heavy atom. The van der Waals surface area contributed by atoms with Crippen molar-refractivity contribution in [3.63, 3.8) is 0 Å². The first-order chi connectivity index (χ1) is 17.2. The minimum absolute atomic E-state index is 0.110. The second kappa shape index (κ2) is 9.63. The maximum Gasteiger partial charge on any atom is 0.418 e. The van der Waals surface area contributed by atoms with Gasteiger partial charge in [-0.25, -0.2) is 0 Å². The van der Waals surface area contributed by atoms with Crippen molar-refractivity contribution in [2.75, 3.05) is 11.5 Å². The van der Waals surface area contributed by atoms with E-state index >= 15 is 0 Å². The van der Waals surface area contributed by atoms with Crippen LogP contribution in [-0.2, 0) is 23.2 Å². The van der Waals surface area contributed by atoms with Crippen LogP contribution in [0.2, 0.25) is 0 Å². The van der Waals surface area contributed by atoms with Crippen molar-refractivity contribution in [1.29, 1.82) is 0 Å². The topological polar surface area (TPSA) is 70.5 Å². The van der Waals surface area contributed by atoms with E-state index in [0.29, 0.717) is 11.1 Å². The normalized spacial score (nSPS) is 12.9. The number of anilines is 2. The van der Waals surface area contributed by atoms with Gasteiger partial charge < -0.3 is 20.9 Å². The van der Waals surface area contributed by atoms with Gasteiger partial charge in [-0.2, -0.15) is 26.3 Å². The van der Waals surface area contributed by atoms with Crippen LogP contribution in [0.1, 0.15) is 63.8 Å². The Balaban J connectivity index is 2.23. The van der Waals surface area contributed by atoms with Crippen LogP contribution in [-0.4, -0.2) is 0 Å². The van der Waals surface area contributed by atoms with Crippen LogP contribution < -0.4 is 20.9 Å². The molecule has 0 atom stereocenters. The van der Waals surface area contributed by atoms with Crippen molar-refractivity contribution in [3.05, 3.63) is 70.8 Å². The fourth-order valence-electron chi connectivity index (χ4n) is 3.87. The second-order valence-corrected chi connectivity index (χ2v) is 11.0. The molecule has 0 fully saturated rings. The highest BCUT2D eigenvalue weighted by molar-refractivity contribution is 5.58. The SMILES string of the molecule is CC(C)(C)c1cc(Oc2ccc(N)c(C(F)(F)F)c2)c(C(C)(C)C)c(Oc2ccc(N)c(C(F)(F)F)c2)c1. The molecule has 0 radical (unpaired) electrons. The van der Waals surface area contributed by atoms with Gasteiger partial charge in [-0.3, -0.25) is 0 Å². The zero-order valence-corrected chi connectivity index (χ0v) is 21.9. The second-order valence-electron chi connectivity index (χ2n) is 11.0. The number of benzene rings is 3. The lowest BCUT2D eigenvalue weighted by molar-refractivity contribution is -0.137. The molecule has 0 bridgehead atoms. The van der Waals surface area contributed by atoms with Crippen LogP contribution in [0.3, 0.4) is 0 Å². The van der Waals surface area contributed by atoms with Gasteiger partial charge in [-0.1, -0.05) is 41.5 Å². The van der Waals surface area contributed by atoms with Gasteiger partial charge >= 0.3 is 12.4 Å². The first-order valence-electron chi connectivity index (χ1n) is 11.7. The quantitative estimate of drug-likeness (QED) is 0.256. The number of alkyl halides is 6. The lowest BCUT2D eigenvalue weighted by Crippen LogP contribution is -2.18. The molecule has 0 spiro atoms. The summed E-state index contributed by atoms with van der Waals surface area (Å²) >= 11 is 0. The Morgan fingerprint density at radius 2 is 0.921 bits per heavy atom. The molecule has 0 aliphatic carbocycles. The largest absolute Gasteiger partial charge is 0.457 e. The van der Waals surface area contributed by atoms with Crippen LogP contribution in [0.15, 0.2) is 48.5 Å². The molecule has 0 aliphatic heterocycles. The Bertz CT molecular complexity index is 1250. The Kier molecular flexibility index (Phi) is 7.35. The van der Waals surface area contributed by atoms with E-state index in [1.165, 1.54) is 12.1 Å². The van der Waals surface area contributed by atoms with Gasteiger partial charge in [0.2, 0.25) is 0 Å². The minimum atomic E-state index is -4.69. The maximum absolute atomic E-state index is 13.5. The van der Waals surface area contributed by atoms with Crippen LogP contribution in [0.25, 0.3) is 0 Å². The van der Waals surface area contributed by atoms with Gasteiger partial charge in [0.05, 0.1) is 11.1 Å². The van der Waals surface area contributed by atoms with Crippen molar-refractivity contribution in [2.24, 2.45) is 0 Å². The summed E-state index contributed by atoms with van der Waals surface area (Å²) in [7, 11) is 0. The van der Waals surface area contributed by atoms with Crippen molar-refractivity contribution in [3.8, 4) is 23.0 Å². The molecule has 10 heteroatoms. The van der Waals surface area contributed by atoms with Crippen LogP contribution in [0.4, 0.5) is 37.7 Å². The zero-order valence-electron chi connectivity index (χ0n) is 21.9. The zero-order chi connectivity index (χ0) is 28.8. The van der Waals surface area contributed by atoms with Gasteiger partial charge in [-0.15, -0.1) is 0 Å². The Hall–Kier alpha value is -3.56. The highest BCUT2D eigenvalue weighted by Crippen LogP contribution is 2.47.